The number of anilines is 1. The first kappa shape index (κ1) is 21.8. The fourth-order valence-corrected chi connectivity index (χ4v) is 4.07. The molecule has 1 aliphatic heterocycles. The van der Waals surface area contributed by atoms with Crippen molar-refractivity contribution in [3.05, 3.63) is 68.5 Å². The zero-order chi connectivity index (χ0) is 22.8. The largest absolute Gasteiger partial charge is 0.369 e. The van der Waals surface area contributed by atoms with Gasteiger partial charge in [-0.25, -0.2) is 9.78 Å². The third kappa shape index (κ3) is 4.29. The molecule has 0 unspecified atom stereocenters. The van der Waals surface area contributed by atoms with Gasteiger partial charge in [-0.15, -0.1) is 0 Å². The molecule has 9 nitrogen and oxygen atoms in total. The van der Waals surface area contributed by atoms with Gasteiger partial charge < -0.3 is 10.2 Å². The van der Waals surface area contributed by atoms with E-state index in [1.165, 1.54) is 35.1 Å². The van der Waals surface area contributed by atoms with Gasteiger partial charge in [-0.05, 0) is 30.7 Å². The quantitative estimate of drug-likeness (QED) is 0.626. The van der Waals surface area contributed by atoms with Crippen molar-refractivity contribution in [1.29, 1.82) is 0 Å². The highest BCUT2D eigenvalue weighted by atomic mass is 16.2. The van der Waals surface area contributed by atoms with E-state index in [4.69, 9.17) is 0 Å². The number of hydrogen-bond acceptors (Lipinski definition) is 6. The molecule has 1 fully saturated rings. The zero-order valence-electron chi connectivity index (χ0n) is 18.7. The highest BCUT2D eigenvalue weighted by Crippen LogP contribution is 2.17. The van der Waals surface area contributed by atoms with E-state index in [2.05, 4.69) is 51.3 Å². The highest BCUT2D eigenvalue weighted by molar-refractivity contribution is 5.96. The van der Waals surface area contributed by atoms with Crippen LogP contribution < -0.4 is 21.5 Å². The van der Waals surface area contributed by atoms with Gasteiger partial charge in [0.15, 0.2) is 0 Å². The summed E-state index contributed by atoms with van der Waals surface area (Å²) in [6.45, 7) is 7.14. The third-order valence-corrected chi connectivity index (χ3v) is 6.01. The molecule has 3 heterocycles. The van der Waals surface area contributed by atoms with E-state index in [1.54, 1.807) is 7.05 Å². The molecular weight excluding hydrogens is 408 g/mol. The zero-order valence-corrected chi connectivity index (χ0v) is 18.7. The SMILES string of the molecule is Cc1cccc(N2CCN(CCNC(=O)c3cnc4c(c3)c(=O)n(C)c(=O)n4C)CC2)c1. The van der Waals surface area contributed by atoms with Gasteiger partial charge in [-0.3, -0.25) is 23.6 Å². The van der Waals surface area contributed by atoms with Crippen molar-refractivity contribution in [2.24, 2.45) is 14.1 Å². The predicted molar refractivity (Wildman–Crippen MR) is 124 cm³/mol. The molecule has 0 bridgehead atoms. The summed E-state index contributed by atoms with van der Waals surface area (Å²) in [5.74, 6) is -0.284. The summed E-state index contributed by atoms with van der Waals surface area (Å²) in [5.41, 5.74) is 2.17. The molecule has 2 aromatic heterocycles. The molecule has 0 spiro atoms. The molecule has 0 saturated carbocycles. The molecule has 0 atom stereocenters. The Kier molecular flexibility index (Phi) is 6.09. The van der Waals surface area contributed by atoms with Crippen LogP contribution in [0.3, 0.4) is 0 Å². The smallest absolute Gasteiger partial charge is 0.332 e. The maximum Gasteiger partial charge on any atom is 0.332 e. The van der Waals surface area contributed by atoms with Crippen molar-refractivity contribution in [3.8, 4) is 0 Å². The van der Waals surface area contributed by atoms with Crippen LogP contribution in [0.5, 0.6) is 0 Å². The van der Waals surface area contributed by atoms with Crippen molar-refractivity contribution in [2.45, 2.75) is 6.92 Å². The molecule has 1 N–H and O–H groups in total. The average molecular weight is 437 g/mol. The van der Waals surface area contributed by atoms with Gasteiger partial charge in [0.25, 0.3) is 11.5 Å². The minimum absolute atomic E-state index is 0.245. The van der Waals surface area contributed by atoms with Crippen LogP contribution in [0.2, 0.25) is 0 Å². The van der Waals surface area contributed by atoms with E-state index in [0.29, 0.717) is 12.1 Å². The number of fused-ring (bicyclic) bond motifs is 1. The topological polar surface area (TPSA) is 92.5 Å². The fourth-order valence-electron chi connectivity index (χ4n) is 4.07. The minimum atomic E-state index is -0.461. The van der Waals surface area contributed by atoms with Crippen LogP contribution in [-0.2, 0) is 14.1 Å². The third-order valence-electron chi connectivity index (χ3n) is 6.01. The molecule has 4 rings (SSSR count). The van der Waals surface area contributed by atoms with Crippen LogP contribution in [-0.4, -0.2) is 64.2 Å². The molecule has 0 aliphatic carbocycles. The van der Waals surface area contributed by atoms with Crippen LogP contribution in [0, 0.1) is 6.92 Å². The van der Waals surface area contributed by atoms with Gasteiger partial charge in [-0.1, -0.05) is 12.1 Å². The predicted octanol–water partition coefficient (Wildman–Crippen LogP) is 0.493. The first-order chi connectivity index (χ1) is 15.3. The van der Waals surface area contributed by atoms with Gasteiger partial charge in [0.05, 0.1) is 10.9 Å². The van der Waals surface area contributed by atoms with E-state index in [1.807, 2.05) is 0 Å². The summed E-state index contributed by atoms with van der Waals surface area (Å²) in [5, 5.41) is 3.15. The minimum Gasteiger partial charge on any atom is -0.369 e. The van der Waals surface area contributed by atoms with Crippen LogP contribution in [0.15, 0.2) is 46.1 Å². The maximum absolute atomic E-state index is 12.6. The first-order valence-corrected chi connectivity index (χ1v) is 10.7. The number of carbonyl (C=O) groups is 1. The van der Waals surface area contributed by atoms with Gasteiger partial charge in [0, 0.05) is 65.2 Å². The monoisotopic (exact) mass is 436 g/mol. The summed E-state index contributed by atoms with van der Waals surface area (Å²) in [7, 11) is 2.96. The number of nitrogens with zero attached hydrogens (tertiary/aromatic N) is 5. The van der Waals surface area contributed by atoms with E-state index >= 15 is 0 Å². The fraction of sp³-hybridized carbons (Fsp3) is 0.391. The lowest BCUT2D eigenvalue weighted by atomic mass is 10.2. The van der Waals surface area contributed by atoms with Crippen molar-refractivity contribution in [1.82, 2.24) is 24.3 Å². The Balaban J connectivity index is 1.33. The first-order valence-electron chi connectivity index (χ1n) is 10.7. The number of hydrogen-bond donors (Lipinski definition) is 1. The molecular formula is C23H28N6O3. The molecule has 168 valence electrons. The second-order valence-corrected chi connectivity index (χ2v) is 8.22. The van der Waals surface area contributed by atoms with E-state index in [9.17, 15) is 14.4 Å². The van der Waals surface area contributed by atoms with Crippen molar-refractivity contribution < 1.29 is 4.79 Å². The number of pyridine rings is 1. The number of amides is 1. The lowest BCUT2D eigenvalue weighted by molar-refractivity contribution is 0.0947. The van der Waals surface area contributed by atoms with Gasteiger partial charge in [0.2, 0.25) is 0 Å². The Morgan fingerprint density at radius 2 is 1.81 bits per heavy atom. The molecule has 1 aliphatic rings. The Hall–Kier alpha value is -3.46. The summed E-state index contributed by atoms with van der Waals surface area (Å²) in [6, 6.07) is 10.0. The van der Waals surface area contributed by atoms with Crippen LogP contribution in [0.25, 0.3) is 11.0 Å². The number of aryl methyl sites for hydroxylation is 2. The molecule has 9 heteroatoms. The number of aromatic nitrogens is 3. The summed E-state index contributed by atoms with van der Waals surface area (Å²) in [6.07, 6.45) is 1.40. The molecule has 32 heavy (non-hydrogen) atoms. The molecule has 3 aromatic rings. The summed E-state index contributed by atoms with van der Waals surface area (Å²) >= 11 is 0. The van der Waals surface area contributed by atoms with E-state index < -0.39 is 11.2 Å². The van der Waals surface area contributed by atoms with Crippen molar-refractivity contribution in [3.63, 3.8) is 0 Å². The van der Waals surface area contributed by atoms with E-state index in [0.717, 1.165) is 37.3 Å². The van der Waals surface area contributed by atoms with Gasteiger partial charge in [0.1, 0.15) is 5.65 Å². The van der Waals surface area contributed by atoms with Gasteiger partial charge >= 0.3 is 5.69 Å². The second kappa shape index (κ2) is 8.96. The Bertz CT molecular complexity index is 1270. The van der Waals surface area contributed by atoms with Crippen LogP contribution in [0.4, 0.5) is 5.69 Å². The van der Waals surface area contributed by atoms with Gasteiger partial charge in [-0.2, -0.15) is 0 Å². The average Bonchev–Trinajstić information content (AvgIpc) is 2.81. The van der Waals surface area contributed by atoms with E-state index in [-0.39, 0.29) is 16.9 Å². The van der Waals surface area contributed by atoms with Crippen LogP contribution in [0.1, 0.15) is 15.9 Å². The number of carbonyl (C=O) groups excluding carboxylic acids is 1. The second-order valence-electron chi connectivity index (χ2n) is 8.22. The molecule has 1 aromatic carbocycles. The number of benzene rings is 1. The maximum atomic E-state index is 12.6. The lowest BCUT2D eigenvalue weighted by Crippen LogP contribution is -2.48. The Morgan fingerprint density at radius 3 is 2.53 bits per heavy atom. The van der Waals surface area contributed by atoms with Crippen molar-refractivity contribution in [2.75, 3.05) is 44.2 Å². The highest BCUT2D eigenvalue weighted by Gasteiger charge is 2.18. The lowest BCUT2D eigenvalue weighted by Gasteiger charge is -2.36. The summed E-state index contributed by atoms with van der Waals surface area (Å²) in [4.78, 5) is 45.9. The number of piperazine rings is 1. The Morgan fingerprint density at radius 1 is 1.06 bits per heavy atom. The standard InChI is InChI=1S/C23H28N6O3/c1-16-5-4-6-18(13-16)29-11-9-28(10-12-29)8-7-24-21(30)17-14-19-20(25-15-17)26(2)23(32)27(3)22(19)31/h4-6,13-15H,7-12H2,1-3H3,(H,24,30). The van der Waals surface area contributed by atoms with Crippen LogP contribution >= 0.6 is 0 Å². The number of rotatable bonds is 5. The van der Waals surface area contributed by atoms with Crippen molar-refractivity contribution >= 4 is 22.6 Å². The molecule has 0 radical (unpaired) electrons. The summed E-state index contributed by atoms with van der Waals surface area (Å²) < 4.78 is 2.32. The molecule has 1 amide bonds. The normalized spacial score (nSPS) is 14.7. The number of nitrogens with one attached hydrogen (secondary N) is 1. The molecule has 1 saturated heterocycles. The Labute approximate surface area is 185 Å².